The first-order valence-electron chi connectivity index (χ1n) is 9.71. The quantitative estimate of drug-likeness (QED) is 0.437. The van der Waals surface area contributed by atoms with Crippen LogP contribution in [0, 0.1) is 0 Å². The first-order valence-corrected chi connectivity index (χ1v) is 12.4. The molecule has 176 valence electrons. The lowest BCUT2D eigenvalue weighted by Gasteiger charge is -2.16. The summed E-state index contributed by atoms with van der Waals surface area (Å²) in [5.74, 6) is 0.804. The second-order valence-corrected chi connectivity index (χ2v) is 9.82. The Bertz CT molecular complexity index is 1210. The number of anilines is 1. The summed E-state index contributed by atoms with van der Waals surface area (Å²) in [4.78, 5) is 17.0. The number of rotatable bonds is 10. The summed E-state index contributed by atoms with van der Waals surface area (Å²) in [6.07, 6.45) is 0.836. The Morgan fingerprint density at radius 1 is 1.15 bits per heavy atom. The van der Waals surface area contributed by atoms with Crippen molar-refractivity contribution in [3.63, 3.8) is 0 Å². The molecule has 0 radical (unpaired) electrons. The normalized spacial score (nSPS) is 12.2. The van der Waals surface area contributed by atoms with Crippen LogP contribution in [0.5, 0.6) is 17.2 Å². The number of nitrogens with zero attached hydrogens (tertiary/aromatic N) is 2. The monoisotopic (exact) mass is 493 g/mol. The van der Waals surface area contributed by atoms with E-state index in [2.05, 4.69) is 14.7 Å². The van der Waals surface area contributed by atoms with Crippen LogP contribution in [0.2, 0.25) is 0 Å². The highest BCUT2D eigenvalue weighted by Gasteiger charge is 2.15. The van der Waals surface area contributed by atoms with Crippen LogP contribution in [0.25, 0.3) is 0 Å². The summed E-state index contributed by atoms with van der Waals surface area (Å²) in [6.45, 7) is 1.83. The van der Waals surface area contributed by atoms with Gasteiger partial charge in [0.05, 0.1) is 11.5 Å². The number of ether oxygens (including phenoxy) is 3. The number of amides is 1. The number of carbonyl (C=O) groups is 1. The zero-order valence-corrected chi connectivity index (χ0v) is 19.8. The number of nitrogens with one attached hydrogen (secondary N) is 1. The van der Waals surface area contributed by atoms with Gasteiger partial charge in [0.2, 0.25) is 5.13 Å². The van der Waals surface area contributed by atoms with E-state index in [1.807, 2.05) is 6.92 Å². The fourth-order valence-electron chi connectivity index (χ4n) is 2.76. The molecule has 1 heterocycles. The number of aliphatic hydroxyl groups excluding tert-OH is 1. The number of aromatic nitrogens is 2. The van der Waals surface area contributed by atoms with Crippen molar-refractivity contribution in [3.05, 3.63) is 53.9 Å². The lowest BCUT2D eigenvalue weighted by molar-refractivity contribution is 0.0916. The van der Waals surface area contributed by atoms with Crippen molar-refractivity contribution in [2.75, 3.05) is 25.3 Å². The molecule has 2 aromatic carbocycles. The van der Waals surface area contributed by atoms with Gasteiger partial charge in [-0.1, -0.05) is 0 Å². The van der Waals surface area contributed by atoms with Gasteiger partial charge in [0.15, 0.2) is 15.7 Å². The predicted molar refractivity (Wildman–Crippen MR) is 122 cm³/mol. The van der Waals surface area contributed by atoms with Crippen LogP contribution >= 0.6 is 11.5 Å². The second kappa shape index (κ2) is 10.7. The highest BCUT2D eigenvalue weighted by molar-refractivity contribution is 7.90. The summed E-state index contributed by atoms with van der Waals surface area (Å²) >= 11 is 0.947. The molecule has 0 aliphatic rings. The molecule has 0 fully saturated rings. The topological polar surface area (TPSA) is 137 Å². The van der Waals surface area contributed by atoms with Crippen molar-refractivity contribution in [1.29, 1.82) is 0 Å². The third-order valence-electron chi connectivity index (χ3n) is 4.20. The zero-order valence-electron chi connectivity index (χ0n) is 18.1. The van der Waals surface area contributed by atoms with Gasteiger partial charge in [0.25, 0.3) is 5.91 Å². The Kier molecular flexibility index (Phi) is 7.97. The smallest absolute Gasteiger partial charge is 0.257 e. The Morgan fingerprint density at radius 2 is 1.85 bits per heavy atom. The molecule has 0 spiro atoms. The third-order valence-corrected chi connectivity index (χ3v) is 6.00. The Hall–Kier alpha value is -3.06. The van der Waals surface area contributed by atoms with Gasteiger partial charge in [-0.15, -0.1) is 0 Å². The van der Waals surface area contributed by atoms with E-state index < -0.39 is 15.7 Å². The summed E-state index contributed by atoms with van der Waals surface area (Å²) < 4.78 is 44.0. The van der Waals surface area contributed by atoms with Gasteiger partial charge in [-0.05, 0) is 43.3 Å². The summed E-state index contributed by atoms with van der Waals surface area (Å²) in [7, 11) is -1.78. The van der Waals surface area contributed by atoms with Crippen LogP contribution in [-0.4, -0.2) is 54.9 Å². The standard InChI is InChI=1S/C21H23N3O7S2/c1-13(12-29-2)30-16-8-14(20(26)23-21-22-19(11-25)24-32-21)9-17(10-16)31-15-4-6-18(7-5-15)33(3,27)28/h4-10,13,25H,11-12H2,1-3H3,(H,22,23,24,26). The highest BCUT2D eigenvalue weighted by atomic mass is 32.2. The minimum Gasteiger partial charge on any atom is -0.488 e. The number of hydrogen-bond acceptors (Lipinski definition) is 10. The molecule has 0 aliphatic heterocycles. The molecule has 0 aliphatic carbocycles. The SMILES string of the molecule is COCC(C)Oc1cc(Oc2ccc(S(C)(=O)=O)cc2)cc(C(=O)Nc2nc(CO)ns2)c1. The minimum atomic E-state index is -3.33. The van der Waals surface area contributed by atoms with Crippen LogP contribution in [0.1, 0.15) is 23.1 Å². The first-order chi connectivity index (χ1) is 15.7. The molecule has 1 unspecified atom stereocenters. The molecule has 1 atom stereocenters. The number of carbonyl (C=O) groups excluding carboxylic acids is 1. The molecule has 2 N–H and O–H groups in total. The molecule has 33 heavy (non-hydrogen) atoms. The van der Waals surface area contributed by atoms with E-state index in [0.717, 1.165) is 17.8 Å². The number of methoxy groups -OCH3 is 1. The fraction of sp³-hybridized carbons (Fsp3) is 0.286. The number of hydrogen-bond donors (Lipinski definition) is 2. The largest absolute Gasteiger partial charge is 0.488 e. The van der Waals surface area contributed by atoms with E-state index in [9.17, 15) is 13.2 Å². The van der Waals surface area contributed by atoms with Crippen molar-refractivity contribution in [2.45, 2.75) is 24.5 Å². The summed E-state index contributed by atoms with van der Waals surface area (Å²) in [5, 5.41) is 12.0. The van der Waals surface area contributed by atoms with Gasteiger partial charge >= 0.3 is 0 Å². The maximum Gasteiger partial charge on any atom is 0.257 e. The zero-order chi connectivity index (χ0) is 24.0. The van der Waals surface area contributed by atoms with Crippen LogP contribution in [-0.2, 0) is 21.2 Å². The Balaban J connectivity index is 1.87. The van der Waals surface area contributed by atoms with Gasteiger partial charge < -0.3 is 19.3 Å². The summed E-state index contributed by atoms with van der Waals surface area (Å²) in [5.41, 5.74) is 0.237. The second-order valence-electron chi connectivity index (χ2n) is 7.05. The molecular weight excluding hydrogens is 470 g/mol. The highest BCUT2D eigenvalue weighted by Crippen LogP contribution is 2.29. The molecular formula is C21H23N3O7S2. The van der Waals surface area contributed by atoms with Crippen molar-refractivity contribution < 1.29 is 32.5 Å². The van der Waals surface area contributed by atoms with E-state index in [-0.39, 0.29) is 34.1 Å². The molecule has 0 bridgehead atoms. The number of benzene rings is 2. The van der Waals surface area contributed by atoms with Gasteiger partial charge in [0, 0.05) is 36.5 Å². The van der Waals surface area contributed by atoms with Crippen LogP contribution in [0.3, 0.4) is 0 Å². The Morgan fingerprint density at radius 3 is 2.45 bits per heavy atom. The molecule has 0 saturated carbocycles. The van der Waals surface area contributed by atoms with E-state index >= 15 is 0 Å². The lowest BCUT2D eigenvalue weighted by Crippen LogP contribution is -2.18. The minimum absolute atomic E-state index is 0.166. The number of aliphatic hydroxyl groups is 1. The van der Waals surface area contributed by atoms with Crippen LogP contribution < -0.4 is 14.8 Å². The molecule has 3 aromatic rings. The molecule has 10 nitrogen and oxygen atoms in total. The van der Waals surface area contributed by atoms with Gasteiger partial charge in [-0.2, -0.15) is 4.37 Å². The maximum absolute atomic E-state index is 12.8. The van der Waals surface area contributed by atoms with Gasteiger partial charge in [0.1, 0.15) is 30.0 Å². The Labute approximate surface area is 195 Å². The number of sulfone groups is 1. The van der Waals surface area contributed by atoms with Gasteiger partial charge in [-0.25, -0.2) is 13.4 Å². The molecule has 1 aromatic heterocycles. The predicted octanol–water partition coefficient (Wildman–Crippen LogP) is 2.89. The molecule has 3 rings (SSSR count). The van der Waals surface area contributed by atoms with E-state index in [0.29, 0.717) is 23.9 Å². The summed E-state index contributed by atoms with van der Waals surface area (Å²) in [6, 6.07) is 10.6. The third kappa shape index (κ3) is 6.96. The molecule has 1 amide bonds. The molecule has 0 saturated heterocycles. The van der Waals surface area contributed by atoms with Gasteiger partial charge in [-0.3, -0.25) is 10.1 Å². The first kappa shape index (κ1) is 24.6. The molecule has 12 heteroatoms. The van der Waals surface area contributed by atoms with E-state index in [1.54, 1.807) is 19.2 Å². The van der Waals surface area contributed by atoms with E-state index in [1.165, 1.54) is 30.3 Å². The van der Waals surface area contributed by atoms with Crippen LogP contribution in [0.4, 0.5) is 5.13 Å². The lowest BCUT2D eigenvalue weighted by atomic mass is 10.2. The van der Waals surface area contributed by atoms with E-state index in [4.69, 9.17) is 19.3 Å². The van der Waals surface area contributed by atoms with Crippen molar-refractivity contribution in [1.82, 2.24) is 9.36 Å². The fourth-order valence-corrected chi connectivity index (χ4v) is 3.97. The average molecular weight is 494 g/mol. The van der Waals surface area contributed by atoms with Crippen LogP contribution in [0.15, 0.2) is 47.4 Å². The van der Waals surface area contributed by atoms with Crippen molar-refractivity contribution in [3.8, 4) is 17.2 Å². The van der Waals surface area contributed by atoms with Crippen molar-refractivity contribution >= 4 is 32.4 Å². The van der Waals surface area contributed by atoms with Crippen molar-refractivity contribution in [2.24, 2.45) is 0 Å². The average Bonchev–Trinajstić information content (AvgIpc) is 3.21. The maximum atomic E-state index is 12.8.